The van der Waals surface area contributed by atoms with Crippen molar-refractivity contribution in [2.45, 2.75) is 59.0 Å². The number of unbranched alkanes of at least 4 members (excludes halogenated alkanes) is 1. The zero-order valence-corrected chi connectivity index (χ0v) is 23.5. The van der Waals surface area contributed by atoms with Gasteiger partial charge >= 0.3 is 0 Å². The summed E-state index contributed by atoms with van der Waals surface area (Å²) in [7, 11) is -3.74. The van der Waals surface area contributed by atoms with Gasteiger partial charge in [-0.15, -0.1) is 0 Å². The number of amides is 2. The van der Waals surface area contributed by atoms with Crippen molar-refractivity contribution in [1.82, 2.24) is 10.2 Å². The van der Waals surface area contributed by atoms with Crippen LogP contribution in [0, 0.1) is 0 Å². The van der Waals surface area contributed by atoms with E-state index in [-0.39, 0.29) is 12.5 Å². The minimum atomic E-state index is -3.74. The normalized spacial score (nSPS) is 12.3. The molecule has 0 radical (unpaired) electrons. The summed E-state index contributed by atoms with van der Waals surface area (Å²) < 4.78 is 27.3. The fourth-order valence-electron chi connectivity index (χ4n) is 3.54. The van der Waals surface area contributed by atoms with Crippen LogP contribution in [0.15, 0.2) is 53.0 Å². The Balaban J connectivity index is 2.34. The molecule has 0 fully saturated rings. The van der Waals surface area contributed by atoms with Crippen LogP contribution in [0.3, 0.4) is 0 Å². The molecule has 0 aliphatic heterocycles. The first-order valence-electron chi connectivity index (χ1n) is 11.8. The van der Waals surface area contributed by atoms with Crippen molar-refractivity contribution >= 4 is 43.5 Å². The van der Waals surface area contributed by atoms with Crippen LogP contribution in [0.5, 0.6) is 0 Å². The van der Waals surface area contributed by atoms with Crippen LogP contribution in [-0.2, 0) is 26.2 Å². The van der Waals surface area contributed by atoms with E-state index in [1.165, 1.54) is 4.90 Å². The van der Waals surface area contributed by atoms with Gasteiger partial charge in [0.1, 0.15) is 12.6 Å². The summed E-state index contributed by atoms with van der Waals surface area (Å²) in [4.78, 5) is 27.8. The van der Waals surface area contributed by atoms with Gasteiger partial charge in [0.05, 0.1) is 11.9 Å². The van der Waals surface area contributed by atoms with Gasteiger partial charge in [0.15, 0.2) is 0 Å². The molecule has 0 aromatic heterocycles. The van der Waals surface area contributed by atoms with E-state index in [2.05, 4.69) is 35.1 Å². The molecule has 2 amide bonds. The zero-order chi connectivity index (χ0) is 26.2. The van der Waals surface area contributed by atoms with Crippen molar-refractivity contribution in [2.75, 3.05) is 23.7 Å². The van der Waals surface area contributed by atoms with Crippen molar-refractivity contribution in [1.29, 1.82) is 0 Å². The minimum absolute atomic E-state index is 0.179. The number of sulfonamides is 1. The lowest BCUT2D eigenvalue weighted by Crippen LogP contribution is -2.51. The molecule has 0 saturated carbocycles. The van der Waals surface area contributed by atoms with Crippen molar-refractivity contribution in [3.63, 3.8) is 0 Å². The molecule has 9 heteroatoms. The van der Waals surface area contributed by atoms with Gasteiger partial charge in [0.2, 0.25) is 21.8 Å². The molecule has 7 nitrogen and oxygen atoms in total. The molecule has 2 aromatic rings. The van der Waals surface area contributed by atoms with Crippen molar-refractivity contribution in [2.24, 2.45) is 0 Å². The molecule has 0 aliphatic rings. The Bertz CT molecular complexity index is 1090. The third-order valence-corrected chi connectivity index (χ3v) is 7.46. The zero-order valence-electron chi connectivity index (χ0n) is 21.1. The Morgan fingerprint density at radius 2 is 1.60 bits per heavy atom. The monoisotopic (exact) mass is 565 g/mol. The van der Waals surface area contributed by atoms with Gasteiger partial charge in [-0.25, -0.2) is 8.42 Å². The summed E-state index contributed by atoms with van der Waals surface area (Å²) in [6, 6.07) is 13.8. The quantitative estimate of drug-likeness (QED) is 0.379. The Hall–Kier alpha value is -2.39. The second-order valence-electron chi connectivity index (χ2n) is 8.98. The number of hydrogen-bond acceptors (Lipinski definition) is 4. The van der Waals surface area contributed by atoms with Gasteiger partial charge < -0.3 is 10.2 Å². The number of carbonyl (C=O) groups is 2. The standard InChI is InChI=1S/C26H36BrN3O4S/c1-6-7-16-28-26(32)20(4)29(17-21-8-12-23(27)13-9-21)25(31)18-30(35(5,33)34)24-14-10-22(11-15-24)19(2)3/h8-15,19-20H,6-7,16-18H2,1-5H3,(H,28,32)/t20-/m1/s1. The molecular weight excluding hydrogens is 530 g/mol. The van der Waals surface area contributed by atoms with E-state index in [9.17, 15) is 18.0 Å². The second-order valence-corrected chi connectivity index (χ2v) is 11.8. The molecule has 0 unspecified atom stereocenters. The smallest absolute Gasteiger partial charge is 0.244 e. The Morgan fingerprint density at radius 3 is 2.11 bits per heavy atom. The molecule has 1 N–H and O–H groups in total. The fourth-order valence-corrected chi connectivity index (χ4v) is 4.66. The number of benzene rings is 2. The van der Waals surface area contributed by atoms with E-state index >= 15 is 0 Å². The minimum Gasteiger partial charge on any atom is -0.354 e. The summed E-state index contributed by atoms with van der Waals surface area (Å²) in [6.07, 6.45) is 2.86. The van der Waals surface area contributed by atoms with E-state index in [1.54, 1.807) is 19.1 Å². The summed E-state index contributed by atoms with van der Waals surface area (Å²) >= 11 is 3.40. The molecular formula is C26H36BrN3O4S. The van der Waals surface area contributed by atoms with Crippen LogP contribution in [-0.4, -0.2) is 50.5 Å². The average molecular weight is 567 g/mol. The highest BCUT2D eigenvalue weighted by atomic mass is 79.9. The van der Waals surface area contributed by atoms with E-state index in [0.717, 1.165) is 39.0 Å². The molecule has 2 aromatic carbocycles. The first-order chi connectivity index (χ1) is 16.4. The van der Waals surface area contributed by atoms with Gasteiger partial charge in [-0.2, -0.15) is 0 Å². The third kappa shape index (κ3) is 8.65. The molecule has 0 heterocycles. The number of anilines is 1. The van der Waals surface area contributed by atoms with Gasteiger partial charge in [-0.05, 0) is 54.7 Å². The molecule has 0 aliphatic carbocycles. The maximum atomic E-state index is 13.5. The largest absolute Gasteiger partial charge is 0.354 e. The van der Waals surface area contributed by atoms with E-state index < -0.39 is 28.5 Å². The Labute approximate surface area is 218 Å². The van der Waals surface area contributed by atoms with Gasteiger partial charge in [0.25, 0.3) is 0 Å². The SMILES string of the molecule is CCCCNC(=O)[C@@H](C)N(Cc1ccc(Br)cc1)C(=O)CN(c1ccc(C(C)C)cc1)S(C)(=O)=O. The second kappa shape index (κ2) is 13.1. The molecule has 35 heavy (non-hydrogen) atoms. The highest BCUT2D eigenvalue weighted by Gasteiger charge is 2.30. The van der Waals surface area contributed by atoms with Crippen LogP contribution < -0.4 is 9.62 Å². The number of nitrogens with one attached hydrogen (secondary N) is 1. The first-order valence-corrected chi connectivity index (χ1v) is 14.5. The summed E-state index contributed by atoms with van der Waals surface area (Å²) in [5.74, 6) is -0.425. The highest BCUT2D eigenvalue weighted by molar-refractivity contribution is 9.10. The van der Waals surface area contributed by atoms with Gasteiger partial charge in [0, 0.05) is 17.6 Å². The lowest BCUT2D eigenvalue weighted by Gasteiger charge is -2.31. The van der Waals surface area contributed by atoms with Crippen molar-refractivity contribution in [3.05, 3.63) is 64.1 Å². The Morgan fingerprint density at radius 1 is 1.00 bits per heavy atom. The number of carbonyl (C=O) groups excluding carboxylic acids is 2. The van der Waals surface area contributed by atoms with Crippen molar-refractivity contribution < 1.29 is 18.0 Å². The topological polar surface area (TPSA) is 86.8 Å². The molecule has 1 atom stereocenters. The van der Waals surface area contributed by atoms with Crippen LogP contribution in [0.25, 0.3) is 0 Å². The van der Waals surface area contributed by atoms with E-state index in [1.807, 2.05) is 43.3 Å². The lowest BCUT2D eigenvalue weighted by atomic mass is 10.0. The molecule has 2 rings (SSSR count). The maximum Gasteiger partial charge on any atom is 0.244 e. The van der Waals surface area contributed by atoms with E-state index in [4.69, 9.17) is 0 Å². The molecule has 0 bridgehead atoms. The number of hydrogen-bond donors (Lipinski definition) is 1. The summed E-state index contributed by atoms with van der Waals surface area (Å²) in [6.45, 7) is 8.12. The fraction of sp³-hybridized carbons (Fsp3) is 0.462. The van der Waals surface area contributed by atoms with Crippen LogP contribution in [0.1, 0.15) is 57.6 Å². The molecule has 0 spiro atoms. The number of nitrogens with zero attached hydrogens (tertiary/aromatic N) is 2. The lowest BCUT2D eigenvalue weighted by molar-refractivity contribution is -0.139. The Kier molecular flexibility index (Phi) is 10.8. The average Bonchev–Trinajstić information content (AvgIpc) is 2.81. The van der Waals surface area contributed by atoms with Crippen LogP contribution >= 0.6 is 15.9 Å². The van der Waals surface area contributed by atoms with Gasteiger partial charge in [-0.3, -0.25) is 13.9 Å². The predicted molar refractivity (Wildman–Crippen MR) is 145 cm³/mol. The number of rotatable bonds is 12. The summed E-state index contributed by atoms with van der Waals surface area (Å²) in [5, 5.41) is 2.87. The third-order valence-electron chi connectivity index (χ3n) is 5.79. The summed E-state index contributed by atoms with van der Waals surface area (Å²) in [5.41, 5.74) is 2.32. The van der Waals surface area contributed by atoms with E-state index in [0.29, 0.717) is 18.2 Å². The van der Waals surface area contributed by atoms with Crippen molar-refractivity contribution in [3.8, 4) is 0 Å². The molecule has 0 saturated heterocycles. The van der Waals surface area contributed by atoms with Crippen LogP contribution in [0.4, 0.5) is 5.69 Å². The first kappa shape index (κ1) is 28.8. The maximum absolute atomic E-state index is 13.5. The molecule has 192 valence electrons. The highest BCUT2D eigenvalue weighted by Crippen LogP contribution is 2.23. The van der Waals surface area contributed by atoms with Crippen LogP contribution in [0.2, 0.25) is 0 Å². The van der Waals surface area contributed by atoms with Gasteiger partial charge in [-0.1, -0.05) is 67.4 Å². The number of halogens is 1. The predicted octanol–water partition coefficient (Wildman–Crippen LogP) is 4.67.